The molecule has 1 aromatic heterocycles. The maximum absolute atomic E-state index is 13.3. The number of hydrogen-bond acceptors (Lipinski definition) is 6. The lowest BCUT2D eigenvalue weighted by Gasteiger charge is -2.25. The fraction of sp³-hybridized carbons (Fsp3) is 0.560. The van der Waals surface area contributed by atoms with E-state index in [1.165, 1.54) is 0 Å². The molecule has 2 aliphatic rings. The lowest BCUT2D eigenvalue weighted by Crippen LogP contribution is -2.41. The van der Waals surface area contributed by atoms with Crippen LogP contribution in [0.25, 0.3) is 0 Å². The SMILES string of the molecule is CC(C)OC(=O)C[C@@H]1Cc2ccc(OCCc3cn4c(n3)NCCC4)cc2CN(CC(F)(F)F)C1=O.Cl. The van der Waals surface area contributed by atoms with Gasteiger partial charge in [-0.1, -0.05) is 6.07 Å². The highest BCUT2D eigenvalue weighted by Gasteiger charge is 2.38. The number of benzene rings is 1. The van der Waals surface area contributed by atoms with Crippen molar-refractivity contribution in [1.29, 1.82) is 0 Å². The molecule has 1 amide bonds. The number of ether oxygens (including phenoxy) is 2. The molecule has 2 aliphatic heterocycles. The Morgan fingerprint density at radius 2 is 2.05 bits per heavy atom. The number of halogens is 4. The minimum absolute atomic E-state index is 0. The van der Waals surface area contributed by atoms with Gasteiger partial charge in [-0.3, -0.25) is 9.59 Å². The number of esters is 1. The van der Waals surface area contributed by atoms with Gasteiger partial charge in [0.05, 0.1) is 30.7 Å². The van der Waals surface area contributed by atoms with E-state index in [2.05, 4.69) is 14.9 Å². The molecular formula is C25H32ClF3N4O4. The summed E-state index contributed by atoms with van der Waals surface area (Å²) in [7, 11) is 0. The molecule has 12 heteroatoms. The summed E-state index contributed by atoms with van der Waals surface area (Å²) in [4.78, 5) is 30.5. The smallest absolute Gasteiger partial charge is 0.406 e. The molecular weight excluding hydrogens is 513 g/mol. The van der Waals surface area contributed by atoms with Gasteiger partial charge >= 0.3 is 12.1 Å². The first-order valence-corrected chi connectivity index (χ1v) is 12.2. The zero-order valence-corrected chi connectivity index (χ0v) is 21.7. The maximum atomic E-state index is 13.3. The minimum Gasteiger partial charge on any atom is -0.493 e. The van der Waals surface area contributed by atoms with Crippen molar-refractivity contribution < 1.29 is 32.2 Å². The Bertz CT molecular complexity index is 1080. The number of rotatable bonds is 8. The molecule has 0 fully saturated rings. The number of nitrogens with one attached hydrogen (secondary N) is 1. The lowest BCUT2D eigenvalue weighted by molar-refractivity contribution is -0.166. The molecule has 2 aromatic rings. The van der Waals surface area contributed by atoms with Crippen LogP contribution in [0.1, 0.15) is 43.5 Å². The number of imidazole rings is 1. The summed E-state index contributed by atoms with van der Waals surface area (Å²) in [5.74, 6) is -0.874. The number of carbonyl (C=O) groups is 2. The predicted octanol–water partition coefficient (Wildman–Crippen LogP) is 4.15. The highest BCUT2D eigenvalue weighted by atomic mass is 35.5. The fourth-order valence-corrected chi connectivity index (χ4v) is 4.58. The van der Waals surface area contributed by atoms with Crippen LogP contribution >= 0.6 is 12.4 Å². The molecule has 204 valence electrons. The Hall–Kier alpha value is -2.95. The number of hydrogen-bond donors (Lipinski definition) is 1. The Morgan fingerprint density at radius 1 is 1.27 bits per heavy atom. The first kappa shape index (κ1) is 28.6. The average Bonchev–Trinajstić information content (AvgIpc) is 3.15. The largest absolute Gasteiger partial charge is 0.493 e. The van der Waals surface area contributed by atoms with Gasteiger partial charge in [-0.25, -0.2) is 4.98 Å². The van der Waals surface area contributed by atoms with Crippen molar-refractivity contribution in [3.05, 3.63) is 41.2 Å². The first-order valence-electron chi connectivity index (χ1n) is 12.2. The molecule has 4 rings (SSSR count). The van der Waals surface area contributed by atoms with Gasteiger partial charge < -0.3 is 24.3 Å². The third-order valence-corrected chi connectivity index (χ3v) is 6.13. The van der Waals surface area contributed by atoms with Crippen molar-refractivity contribution in [2.24, 2.45) is 5.92 Å². The lowest BCUT2D eigenvalue weighted by atomic mass is 9.94. The maximum Gasteiger partial charge on any atom is 0.406 e. The van der Waals surface area contributed by atoms with Gasteiger partial charge in [-0.15, -0.1) is 12.4 Å². The highest BCUT2D eigenvalue weighted by Crippen LogP contribution is 2.30. The van der Waals surface area contributed by atoms with Gasteiger partial charge in [-0.05, 0) is 49.9 Å². The number of amides is 1. The number of fused-ring (bicyclic) bond motifs is 2. The van der Waals surface area contributed by atoms with E-state index in [0.29, 0.717) is 24.3 Å². The van der Waals surface area contributed by atoms with E-state index in [0.717, 1.165) is 41.6 Å². The summed E-state index contributed by atoms with van der Waals surface area (Å²) in [5.41, 5.74) is 2.19. The van der Waals surface area contributed by atoms with Crippen LogP contribution in [-0.2, 0) is 40.3 Å². The third kappa shape index (κ3) is 7.77. The van der Waals surface area contributed by atoms with Crippen LogP contribution in [0.5, 0.6) is 5.75 Å². The van der Waals surface area contributed by atoms with E-state index < -0.39 is 30.5 Å². The zero-order chi connectivity index (χ0) is 25.9. The fourth-order valence-electron chi connectivity index (χ4n) is 4.58. The normalized spacial score (nSPS) is 17.3. The Kier molecular flexibility index (Phi) is 9.33. The number of carbonyl (C=O) groups excluding carboxylic acids is 2. The van der Waals surface area contributed by atoms with Gasteiger partial charge in [-0.2, -0.15) is 13.2 Å². The highest BCUT2D eigenvalue weighted by molar-refractivity contribution is 5.85. The van der Waals surface area contributed by atoms with E-state index in [9.17, 15) is 22.8 Å². The summed E-state index contributed by atoms with van der Waals surface area (Å²) in [6.45, 7) is 3.93. The summed E-state index contributed by atoms with van der Waals surface area (Å²) in [6.07, 6.45) is -1.43. The average molecular weight is 545 g/mol. The molecule has 3 heterocycles. The van der Waals surface area contributed by atoms with Crippen molar-refractivity contribution in [3.63, 3.8) is 0 Å². The summed E-state index contributed by atoms with van der Waals surface area (Å²) in [5, 5.41) is 3.25. The van der Waals surface area contributed by atoms with Gasteiger partial charge in [0.25, 0.3) is 0 Å². The van der Waals surface area contributed by atoms with E-state index in [1.54, 1.807) is 32.0 Å². The first-order chi connectivity index (χ1) is 17.1. The molecule has 0 spiro atoms. The van der Waals surface area contributed by atoms with Gasteiger partial charge in [0.1, 0.15) is 12.3 Å². The van der Waals surface area contributed by atoms with Crippen LogP contribution in [0.2, 0.25) is 0 Å². The Morgan fingerprint density at radius 3 is 2.76 bits per heavy atom. The molecule has 0 unspecified atom stereocenters. The molecule has 0 saturated carbocycles. The third-order valence-electron chi connectivity index (χ3n) is 6.13. The Balaban J connectivity index is 0.00000380. The van der Waals surface area contributed by atoms with Crippen molar-refractivity contribution in [2.45, 2.75) is 64.9 Å². The quantitative estimate of drug-likeness (QED) is 0.503. The number of nitrogens with zero attached hydrogens (tertiary/aromatic N) is 3. The molecule has 0 bridgehead atoms. The van der Waals surface area contributed by atoms with Crippen molar-refractivity contribution in [2.75, 3.05) is 25.0 Å². The molecule has 8 nitrogen and oxygen atoms in total. The zero-order valence-electron chi connectivity index (χ0n) is 20.8. The number of aromatic nitrogens is 2. The molecule has 1 N–H and O–H groups in total. The predicted molar refractivity (Wildman–Crippen MR) is 133 cm³/mol. The molecule has 1 atom stereocenters. The molecule has 1 aromatic carbocycles. The summed E-state index contributed by atoms with van der Waals surface area (Å²) < 4.78 is 52.8. The van der Waals surface area contributed by atoms with E-state index in [1.807, 2.05) is 6.20 Å². The van der Waals surface area contributed by atoms with Crippen LogP contribution in [0.15, 0.2) is 24.4 Å². The molecule has 0 radical (unpaired) electrons. The monoisotopic (exact) mass is 544 g/mol. The van der Waals surface area contributed by atoms with Crippen LogP contribution in [-0.4, -0.2) is 58.3 Å². The van der Waals surface area contributed by atoms with Crippen LogP contribution in [0.4, 0.5) is 19.1 Å². The minimum atomic E-state index is -4.56. The molecule has 0 saturated heterocycles. The van der Waals surface area contributed by atoms with Crippen molar-refractivity contribution in [3.8, 4) is 5.75 Å². The van der Waals surface area contributed by atoms with Gasteiger partial charge in [0, 0.05) is 32.3 Å². The van der Waals surface area contributed by atoms with Crippen LogP contribution < -0.4 is 10.1 Å². The summed E-state index contributed by atoms with van der Waals surface area (Å²) in [6, 6.07) is 5.18. The molecule has 0 aliphatic carbocycles. The second-order valence-corrected chi connectivity index (χ2v) is 9.51. The second kappa shape index (κ2) is 12.1. The van der Waals surface area contributed by atoms with Crippen molar-refractivity contribution >= 4 is 30.2 Å². The van der Waals surface area contributed by atoms with E-state index in [-0.39, 0.29) is 37.9 Å². The number of aryl methyl sites for hydroxylation is 1. The number of alkyl halides is 3. The topological polar surface area (TPSA) is 85.7 Å². The van der Waals surface area contributed by atoms with E-state index in [4.69, 9.17) is 9.47 Å². The summed E-state index contributed by atoms with van der Waals surface area (Å²) >= 11 is 0. The van der Waals surface area contributed by atoms with Crippen LogP contribution in [0.3, 0.4) is 0 Å². The number of anilines is 1. The van der Waals surface area contributed by atoms with Gasteiger partial charge in [0.15, 0.2) is 0 Å². The van der Waals surface area contributed by atoms with E-state index >= 15 is 0 Å². The van der Waals surface area contributed by atoms with Crippen LogP contribution in [0, 0.1) is 5.92 Å². The molecule has 37 heavy (non-hydrogen) atoms. The van der Waals surface area contributed by atoms with Gasteiger partial charge in [0.2, 0.25) is 11.9 Å². The standard InChI is InChI=1S/C25H31F3N4O4.ClH/c1-16(2)36-22(33)12-18-10-17-4-5-21(11-19(17)13-32(23(18)34)15-25(26,27)28)35-9-6-20-14-31-8-3-7-29-24(31)30-20;/h4-5,11,14,16,18H,3,6-10,12-13,15H2,1-2H3,(H,29,30);1H/t18-;/m0./s1. The second-order valence-electron chi connectivity index (χ2n) is 9.51. The Labute approximate surface area is 219 Å². The van der Waals surface area contributed by atoms with Crippen molar-refractivity contribution in [1.82, 2.24) is 14.5 Å².